The highest BCUT2D eigenvalue weighted by Gasteiger charge is 2.21. The van der Waals surface area contributed by atoms with E-state index >= 15 is 0 Å². The first-order chi connectivity index (χ1) is 8.09. The third-order valence-electron chi connectivity index (χ3n) is 4.28. The minimum Gasteiger partial charge on any atom is -0.394 e. The lowest BCUT2D eigenvalue weighted by atomic mass is 9.92. The van der Waals surface area contributed by atoms with Crippen LogP contribution in [0.4, 0.5) is 0 Å². The zero-order valence-corrected chi connectivity index (χ0v) is 11.6. The van der Waals surface area contributed by atoms with Gasteiger partial charge in [-0.2, -0.15) is 0 Å². The van der Waals surface area contributed by atoms with Crippen LogP contribution >= 0.6 is 0 Å². The summed E-state index contributed by atoms with van der Waals surface area (Å²) in [5, 5.41) is 9.26. The molecule has 1 rings (SSSR count). The lowest BCUT2D eigenvalue weighted by molar-refractivity contribution is 0.172. The number of nitrogens with two attached hydrogens (primary N) is 1. The molecule has 1 aliphatic rings. The second kappa shape index (κ2) is 7.34. The maximum atomic E-state index is 9.26. The monoisotopic (exact) mass is 242 g/mol. The SMILES string of the molecule is CCC(N)(CO)CCCN1CCCC(C)CC1. The molecule has 17 heavy (non-hydrogen) atoms. The number of nitrogens with zero attached hydrogens (tertiary/aromatic N) is 1. The molecule has 0 aromatic heterocycles. The van der Waals surface area contributed by atoms with Crippen molar-refractivity contribution >= 4 is 0 Å². The van der Waals surface area contributed by atoms with E-state index in [1.807, 2.05) is 0 Å². The van der Waals surface area contributed by atoms with Gasteiger partial charge in [0.2, 0.25) is 0 Å². The van der Waals surface area contributed by atoms with Gasteiger partial charge in [0.25, 0.3) is 0 Å². The highest BCUT2D eigenvalue weighted by atomic mass is 16.3. The van der Waals surface area contributed by atoms with Crippen LogP contribution in [0, 0.1) is 5.92 Å². The van der Waals surface area contributed by atoms with Gasteiger partial charge in [-0.15, -0.1) is 0 Å². The highest BCUT2D eigenvalue weighted by Crippen LogP contribution is 2.18. The number of rotatable bonds is 6. The van der Waals surface area contributed by atoms with Crippen molar-refractivity contribution in [2.24, 2.45) is 11.7 Å². The molecule has 0 aromatic rings. The smallest absolute Gasteiger partial charge is 0.0611 e. The molecule has 0 saturated carbocycles. The lowest BCUT2D eigenvalue weighted by Crippen LogP contribution is -2.43. The average Bonchev–Trinajstić information content (AvgIpc) is 2.54. The Labute approximate surface area is 106 Å². The normalized spacial score (nSPS) is 26.5. The topological polar surface area (TPSA) is 49.5 Å². The van der Waals surface area contributed by atoms with Crippen molar-refractivity contribution in [3.05, 3.63) is 0 Å². The molecular formula is C14H30N2O. The third kappa shape index (κ3) is 5.36. The summed E-state index contributed by atoms with van der Waals surface area (Å²) in [5.74, 6) is 0.890. The molecule has 3 N–H and O–H groups in total. The summed E-state index contributed by atoms with van der Waals surface area (Å²) in [4.78, 5) is 2.57. The second-order valence-electron chi connectivity index (χ2n) is 5.86. The van der Waals surface area contributed by atoms with Gasteiger partial charge in [0.15, 0.2) is 0 Å². The standard InChI is InChI=1S/C14H30N2O/c1-3-14(15,12-17)8-5-10-16-9-4-6-13(2)7-11-16/h13,17H,3-12,15H2,1-2H3. The van der Waals surface area contributed by atoms with Gasteiger partial charge in [-0.1, -0.05) is 13.8 Å². The van der Waals surface area contributed by atoms with Crippen LogP contribution in [0.25, 0.3) is 0 Å². The highest BCUT2D eigenvalue weighted by molar-refractivity contribution is 4.82. The molecule has 102 valence electrons. The molecule has 1 heterocycles. The molecule has 0 amide bonds. The Morgan fingerprint density at radius 3 is 2.76 bits per heavy atom. The summed E-state index contributed by atoms with van der Waals surface area (Å²) in [6, 6.07) is 0. The van der Waals surface area contributed by atoms with E-state index in [-0.39, 0.29) is 12.1 Å². The first kappa shape index (κ1) is 14.9. The van der Waals surface area contributed by atoms with Gasteiger partial charge in [-0.05, 0) is 64.1 Å². The van der Waals surface area contributed by atoms with Crippen molar-refractivity contribution < 1.29 is 5.11 Å². The van der Waals surface area contributed by atoms with Crippen LogP contribution in [0.1, 0.15) is 52.4 Å². The fraction of sp³-hybridized carbons (Fsp3) is 1.00. The van der Waals surface area contributed by atoms with Crippen LogP contribution in [0.5, 0.6) is 0 Å². The van der Waals surface area contributed by atoms with E-state index in [1.165, 1.54) is 32.4 Å². The molecular weight excluding hydrogens is 212 g/mol. The van der Waals surface area contributed by atoms with Crippen LogP contribution in [0.15, 0.2) is 0 Å². The number of aliphatic hydroxyl groups excluding tert-OH is 1. The van der Waals surface area contributed by atoms with Gasteiger partial charge in [0, 0.05) is 5.54 Å². The summed E-state index contributed by atoms with van der Waals surface area (Å²) in [6.45, 7) is 8.16. The minimum atomic E-state index is -0.348. The molecule has 0 radical (unpaired) electrons. The lowest BCUT2D eigenvalue weighted by Gasteiger charge is -2.27. The molecule has 1 aliphatic heterocycles. The van der Waals surface area contributed by atoms with E-state index in [9.17, 15) is 5.11 Å². The Morgan fingerprint density at radius 2 is 2.12 bits per heavy atom. The van der Waals surface area contributed by atoms with Crippen LogP contribution < -0.4 is 5.73 Å². The van der Waals surface area contributed by atoms with Crippen molar-refractivity contribution in [1.29, 1.82) is 0 Å². The van der Waals surface area contributed by atoms with Gasteiger partial charge < -0.3 is 15.7 Å². The average molecular weight is 242 g/mol. The Kier molecular flexibility index (Phi) is 6.45. The van der Waals surface area contributed by atoms with Crippen molar-refractivity contribution in [3.63, 3.8) is 0 Å². The van der Waals surface area contributed by atoms with Gasteiger partial charge in [-0.3, -0.25) is 0 Å². The predicted octanol–water partition coefficient (Wildman–Crippen LogP) is 1.99. The maximum absolute atomic E-state index is 9.26. The summed E-state index contributed by atoms with van der Waals surface area (Å²) < 4.78 is 0. The second-order valence-corrected chi connectivity index (χ2v) is 5.86. The van der Waals surface area contributed by atoms with Gasteiger partial charge >= 0.3 is 0 Å². The fourth-order valence-corrected chi connectivity index (χ4v) is 2.57. The van der Waals surface area contributed by atoms with Crippen molar-refractivity contribution in [2.75, 3.05) is 26.2 Å². The molecule has 3 heteroatoms. The molecule has 3 nitrogen and oxygen atoms in total. The van der Waals surface area contributed by atoms with Crippen molar-refractivity contribution in [2.45, 2.75) is 57.9 Å². The van der Waals surface area contributed by atoms with Crippen LogP contribution in [-0.4, -0.2) is 41.8 Å². The van der Waals surface area contributed by atoms with E-state index in [0.717, 1.165) is 31.7 Å². The van der Waals surface area contributed by atoms with Crippen molar-refractivity contribution in [1.82, 2.24) is 4.90 Å². The Bertz CT molecular complexity index is 204. The van der Waals surface area contributed by atoms with E-state index in [4.69, 9.17) is 5.73 Å². The van der Waals surface area contributed by atoms with Gasteiger partial charge in [-0.25, -0.2) is 0 Å². The largest absolute Gasteiger partial charge is 0.394 e. The summed E-state index contributed by atoms with van der Waals surface area (Å²) in [6.07, 6.45) is 6.96. The minimum absolute atomic E-state index is 0.112. The van der Waals surface area contributed by atoms with Gasteiger partial charge in [0.1, 0.15) is 0 Å². The van der Waals surface area contributed by atoms with E-state index < -0.39 is 0 Å². The molecule has 0 spiro atoms. The summed E-state index contributed by atoms with van der Waals surface area (Å²) >= 11 is 0. The van der Waals surface area contributed by atoms with Crippen molar-refractivity contribution in [3.8, 4) is 0 Å². The predicted molar refractivity (Wildman–Crippen MR) is 73.0 cm³/mol. The van der Waals surface area contributed by atoms with Crippen LogP contribution in [0.2, 0.25) is 0 Å². The Balaban J connectivity index is 2.21. The molecule has 2 unspecified atom stereocenters. The van der Waals surface area contributed by atoms with E-state index in [1.54, 1.807) is 0 Å². The molecule has 0 aliphatic carbocycles. The molecule has 1 fully saturated rings. The van der Waals surface area contributed by atoms with E-state index in [2.05, 4.69) is 18.7 Å². The molecule has 0 aromatic carbocycles. The Morgan fingerprint density at radius 1 is 1.35 bits per heavy atom. The fourth-order valence-electron chi connectivity index (χ4n) is 2.57. The molecule has 2 atom stereocenters. The Hall–Kier alpha value is -0.120. The first-order valence-corrected chi connectivity index (χ1v) is 7.22. The summed E-state index contributed by atoms with van der Waals surface area (Å²) in [5.41, 5.74) is 5.75. The molecule has 0 bridgehead atoms. The maximum Gasteiger partial charge on any atom is 0.0611 e. The van der Waals surface area contributed by atoms with Gasteiger partial charge in [0.05, 0.1) is 6.61 Å². The summed E-state index contributed by atoms with van der Waals surface area (Å²) in [7, 11) is 0. The third-order valence-corrected chi connectivity index (χ3v) is 4.28. The molecule has 1 saturated heterocycles. The zero-order chi connectivity index (χ0) is 12.7. The number of aliphatic hydroxyl groups is 1. The number of hydrogen-bond acceptors (Lipinski definition) is 3. The first-order valence-electron chi connectivity index (χ1n) is 7.22. The van der Waals surface area contributed by atoms with Crippen LogP contribution in [-0.2, 0) is 0 Å². The van der Waals surface area contributed by atoms with E-state index in [0.29, 0.717) is 0 Å². The number of likely N-dealkylation sites (tertiary alicyclic amines) is 1. The quantitative estimate of drug-likeness (QED) is 0.749. The zero-order valence-electron chi connectivity index (χ0n) is 11.6. The van der Waals surface area contributed by atoms with Crippen LogP contribution in [0.3, 0.4) is 0 Å². The number of hydrogen-bond donors (Lipinski definition) is 2.